The molecule has 118 valence electrons. The highest BCUT2D eigenvalue weighted by Gasteiger charge is 2.42. The van der Waals surface area contributed by atoms with E-state index in [1.165, 1.54) is 38.9 Å². The molecular formula is C16H33N3O. The van der Waals surface area contributed by atoms with Crippen molar-refractivity contribution in [2.24, 2.45) is 11.7 Å². The minimum absolute atomic E-state index is 0.211. The van der Waals surface area contributed by atoms with Gasteiger partial charge in [-0.1, -0.05) is 6.92 Å². The van der Waals surface area contributed by atoms with Crippen LogP contribution >= 0.6 is 0 Å². The van der Waals surface area contributed by atoms with Crippen LogP contribution in [0, 0.1) is 5.92 Å². The summed E-state index contributed by atoms with van der Waals surface area (Å²) in [6.07, 6.45) is 4.00. The number of likely N-dealkylation sites (tertiary alicyclic amines) is 2. The van der Waals surface area contributed by atoms with Crippen LogP contribution < -0.4 is 5.73 Å². The molecule has 0 aliphatic carbocycles. The van der Waals surface area contributed by atoms with Crippen molar-refractivity contribution in [2.75, 3.05) is 39.8 Å². The average Bonchev–Trinajstić information content (AvgIpc) is 2.47. The maximum atomic E-state index is 6.21. The van der Waals surface area contributed by atoms with Gasteiger partial charge in [0.05, 0.1) is 6.10 Å². The van der Waals surface area contributed by atoms with Crippen LogP contribution in [-0.4, -0.2) is 67.3 Å². The predicted octanol–water partition coefficient (Wildman–Crippen LogP) is 1.54. The van der Waals surface area contributed by atoms with E-state index in [9.17, 15) is 0 Å². The average molecular weight is 283 g/mol. The van der Waals surface area contributed by atoms with Crippen molar-refractivity contribution in [1.29, 1.82) is 0 Å². The summed E-state index contributed by atoms with van der Waals surface area (Å²) >= 11 is 0. The Hall–Kier alpha value is -0.160. The number of rotatable bonds is 4. The molecule has 20 heavy (non-hydrogen) atoms. The molecule has 2 rings (SSSR count). The second-order valence-electron chi connectivity index (χ2n) is 7.04. The van der Waals surface area contributed by atoms with Gasteiger partial charge in [-0.05, 0) is 45.6 Å². The molecule has 0 aromatic carbocycles. The predicted molar refractivity (Wildman–Crippen MR) is 83.9 cm³/mol. The monoisotopic (exact) mass is 283 g/mol. The summed E-state index contributed by atoms with van der Waals surface area (Å²) < 4.78 is 5.68. The lowest BCUT2D eigenvalue weighted by Crippen LogP contribution is -2.63. The van der Waals surface area contributed by atoms with Crippen molar-refractivity contribution in [1.82, 2.24) is 9.80 Å². The molecule has 2 unspecified atom stereocenters. The van der Waals surface area contributed by atoms with Gasteiger partial charge < -0.3 is 15.4 Å². The Kier molecular flexibility index (Phi) is 5.46. The molecule has 2 aliphatic rings. The molecule has 0 spiro atoms. The Balaban J connectivity index is 2.01. The van der Waals surface area contributed by atoms with Gasteiger partial charge in [0.15, 0.2) is 0 Å². The van der Waals surface area contributed by atoms with Gasteiger partial charge in [-0.15, -0.1) is 0 Å². The van der Waals surface area contributed by atoms with E-state index in [-0.39, 0.29) is 5.54 Å². The first-order valence-electron chi connectivity index (χ1n) is 8.24. The fourth-order valence-corrected chi connectivity index (χ4v) is 3.88. The third-order valence-electron chi connectivity index (χ3n) is 5.70. The van der Waals surface area contributed by atoms with Crippen molar-refractivity contribution in [3.8, 4) is 0 Å². The van der Waals surface area contributed by atoms with E-state index >= 15 is 0 Å². The number of nitrogens with two attached hydrogens (primary N) is 1. The smallest absolute Gasteiger partial charge is 0.0724 e. The molecule has 4 heteroatoms. The van der Waals surface area contributed by atoms with Gasteiger partial charge in [0.2, 0.25) is 0 Å². The molecule has 0 saturated carbocycles. The Morgan fingerprint density at radius 1 is 1.25 bits per heavy atom. The standard InChI is InChI=1S/C16H33N3O/c1-13(2)18-9-6-16(12-17,7-10-18)19-8-5-14(3)15(11-19)20-4/h13-15H,5-12,17H2,1-4H3. The number of hydrogen-bond donors (Lipinski definition) is 1. The summed E-state index contributed by atoms with van der Waals surface area (Å²) in [5.74, 6) is 0.668. The highest BCUT2D eigenvalue weighted by molar-refractivity contribution is 4.99. The third-order valence-corrected chi connectivity index (χ3v) is 5.70. The van der Waals surface area contributed by atoms with Crippen LogP contribution in [0.4, 0.5) is 0 Å². The minimum Gasteiger partial charge on any atom is -0.380 e. The van der Waals surface area contributed by atoms with Gasteiger partial charge in [-0.25, -0.2) is 0 Å². The van der Waals surface area contributed by atoms with Crippen molar-refractivity contribution in [3.05, 3.63) is 0 Å². The van der Waals surface area contributed by atoms with Crippen LogP contribution in [0.1, 0.15) is 40.0 Å². The summed E-state index contributed by atoms with van der Waals surface area (Å²) in [6.45, 7) is 12.3. The van der Waals surface area contributed by atoms with Gasteiger partial charge in [0, 0.05) is 44.9 Å². The van der Waals surface area contributed by atoms with Crippen molar-refractivity contribution in [2.45, 2.75) is 57.7 Å². The molecule has 2 atom stereocenters. The quantitative estimate of drug-likeness (QED) is 0.850. The highest BCUT2D eigenvalue weighted by atomic mass is 16.5. The van der Waals surface area contributed by atoms with Crippen LogP contribution in [-0.2, 0) is 4.74 Å². The minimum atomic E-state index is 0.211. The summed E-state index contributed by atoms with van der Waals surface area (Å²) in [5.41, 5.74) is 6.42. The lowest BCUT2D eigenvalue weighted by molar-refractivity contribution is -0.0638. The molecule has 2 heterocycles. The molecule has 2 aliphatic heterocycles. The molecule has 2 fully saturated rings. The Bertz CT molecular complexity index is 300. The van der Waals surface area contributed by atoms with Gasteiger partial charge >= 0.3 is 0 Å². The Labute approximate surface area is 124 Å². The molecule has 0 radical (unpaired) electrons. The second kappa shape index (κ2) is 6.73. The second-order valence-corrected chi connectivity index (χ2v) is 7.04. The molecule has 0 aromatic heterocycles. The van der Waals surface area contributed by atoms with Crippen molar-refractivity contribution >= 4 is 0 Å². The topological polar surface area (TPSA) is 41.7 Å². The third kappa shape index (κ3) is 3.19. The zero-order valence-electron chi connectivity index (χ0n) is 13.8. The molecule has 0 aromatic rings. The molecule has 0 amide bonds. The molecule has 0 bridgehead atoms. The maximum Gasteiger partial charge on any atom is 0.0724 e. The van der Waals surface area contributed by atoms with Crippen LogP contribution in [0.2, 0.25) is 0 Å². The number of piperidine rings is 2. The zero-order chi connectivity index (χ0) is 14.8. The number of nitrogens with zero attached hydrogens (tertiary/aromatic N) is 2. The van der Waals surface area contributed by atoms with E-state index in [0.29, 0.717) is 18.1 Å². The first-order chi connectivity index (χ1) is 9.52. The van der Waals surface area contributed by atoms with Gasteiger partial charge in [0.1, 0.15) is 0 Å². The van der Waals surface area contributed by atoms with E-state index in [0.717, 1.165) is 13.1 Å². The maximum absolute atomic E-state index is 6.21. The van der Waals surface area contributed by atoms with Crippen LogP contribution in [0.5, 0.6) is 0 Å². The van der Waals surface area contributed by atoms with E-state index in [2.05, 4.69) is 30.6 Å². The highest BCUT2D eigenvalue weighted by Crippen LogP contribution is 2.33. The Morgan fingerprint density at radius 3 is 2.40 bits per heavy atom. The summed E-state index contributed by atoms with van der Waals surface area (Å²) in [5, 5.41) is 0. The van der Waals surface area contributed by atoms with Crippen LogP contribution in [0.15, 0.2) is 0 Å². The fourth-order valence-electron chi connectivity index (χ4n) is 3.88. The Morgan fingerprint density at radius 2 is 1.90 bits per heavy atom. The number of hydrogen-bond acceptors (Lipinski definition) is 4. The first kappa shape index (κ1) is 16.2. The molecule has 2 saturated heterocycles. The van der Waals surface area contributed by atoms with Gasteiger partial charge in [-0.3, -0.25) is 4.90 Å². The lowest BCUT2D eigenvalue weighted by Gasteiger charge is -2.52. The number of ether oxygens (including phenoxy) is 1. The summed E-state index contributed by atoms with van der Waals surface area (Å²) in [4.78, 5) is 5.22. The van der Waals surface area contributed by atoms with E-state index in [1.54, 1.807) is 0 Å². The van der Waals surface area contributed by atoms with Crippen LogP contribution in [0.25, 0.3) is 0 Å². The largest absolute Gasteiger partial charge is 0.380 e. The normalized spacial score (nSPS) is 32.7. The molecular weight excluding hydrogens is 250 g/mol. The number of methoxy groups -OCH3 is 1. The first-order valence-corrected chi connectivity index (χ1v) is 8.24. The fraction of sp³-hybridized carbons (Fsp3) is 1.00. The van der Waals surface area contributed by atoms with Crippen molar-refractivity contribution < 1.29 is 4.74 Å². The molecule has 4 nitrogen and oxygen atoms in total. The SMILES string of the molecule is COC1CN(C2(CN)CCN(C(C)C)CC2)CCC1C. The van der Waals surface area contributed by atoms with Gasteiger partial charge in [-0.2, -0.15) is 0 Å². The molecule has 2 N–H and O–H groups in total. The summed E-state index contributed by atoms with van der Waals surface area (Å²) in [7, 11) is 1.85. The zero-order valence-corrected chi connectivity index (χ0v) is 13.8. The van der Waals surface area contributed by atoms with E-state index < -0.39 is 0 Å². The lowest BCUT2D eigenvalue weighted by atomic mass is 9.82. The van der Waals surface area contributed by atoms with Crippen LogP contribution in [0.3, 0.4) is 0 Å². The summed E-state index contributed by atoms with van der Waals surface area (Å²) in [6, 6.07) is 0.652. The van der Waals surface area contributed by atoms with Gasteiger partial charge in [0.25, 0.3) is 0 Å². The van der Waals surface area contributed by atoms with Crippen molar-refractivity contribution in [3.63, 3.8) is 0 Å². The van der Waals surface area contributed by atoms with E-state index in [4.69, 9.17) is 10.5 Å². The van der Waals surface area contributed by atoms with E-state index in [1.807, 2.05) is 7.11 Å².